The molecular weight excluding hydrogens is 477 g/mol. The number of guanidine groups is 1. The molecule has 0 aliphatic carbocycles. The predicted octanol–water partition coefficient (Wildman–Crippen LogP) is 2.95. The Bertz CT molecular complexity index is 658. The quantitative estimate of drug-likeness (QED) is 0.334. The summed E-state index contributed by atoms with van der Waals surface area (Å²) in [6.45, 7) is 8.94. The summed E-state index contributed by atoms with van der Waals surface area (Å²) in [6, 6.07) is 8.87. The van der Waals surface area contributed by atoms with Crippen LogP contribution >= 0.6 is 24.0 Å². The van der Waals surface area contributed by atoms with Crippen LogP contribution in [0.3, 0.4) is 0 Å². The molecule has 2 aliphatic rings. The zero-order chi connectivity index (χ0) is 19.8. The zero-order valence-corrected chi connectivity index (χ0v) is 19.9. The molecule has 7 heteroatoms. The maximum atomic E-state index is 11.3. The molecule has 1 amide bonds. The minimum absolute atomic E-state index is 0. The number of piperidine rings is 1. The predicted molar refractivity (Wildman–Crippen MR) is 129 cm³/mol. The average Bonchev–Trinajstić information content (AvgIpc) is 3.19. The molecule has 2 aliphatic heterocycles. The number of nitrogens with two attached hydrogens (primary N) is 1. The highest BCUT2D eigenvalue weighted by Gasteiger charge is 2.23. The summed E-state index contributed by atoms with van der Waals surface area (Å²) in [6.07, 6.45) is 5.27. The van der Waals surface area contributed by atoms with Crippen molar-refractivity contribution in [1.29, 1.82) is 0 Å². The van der Waals surface area contributed by atoms with Crippen molar-refractivity contribution in [3.05, 3.63) is 35.4 Å². The van der Waals surface area contributed by atoms with Gasteiger partial charge in [0.15, 0.2) is 5.96 Å². The van der Waals surface area contributed by atoms with Gasteiger partial charge >= 0.3 is 0 Å². The van der Waals surface area contributed by atoms with Crippen LogP contribution < -0.4 is 11.1 Å². The molecule has 1 unspecified atom stereocenters. The molecule has 1 aromatic carbocycles. The molecule has 1 aromatic rings. The van der Waals surface area contributed by atoms with Crippen LogP contribution in [0.1, 0.15) is 50.2 Å². The minimum Gasteiger partial charge on any atom is -0.370 e. The molecule has 29 heavy (non-hydrogen) atoms. The number of carbonyl (C=O) groups is 1. The SMILES string of the molecule is CCNC(=NCc1ccc(CN2CCCC2)cc1)N1CCCC(CC(N)=O)C1.I. The standard InChI is InChI=1S/C22H35N5O.HI/c1-2-24-22(27-13-5-6-20(17-27)14-21(23)28)25-15-18-7-9-19(10-8-18)16-26-11-3-4-12-26;/h7-10,20H,2-6,11-17H2,1H3,(H2,23,28)(H,24,25);1H. The molecule has 2 heterocycles. The van der Waals surface area contributed by atoms with Crippen LogP contribution in [0.2, 0.25) is 0 Å². The van der Waals surface area contributed by atoms with Crippen LogP contribution in [0.25, 0.3) is 0 Å². The second-order valence-corrected chi connectivity index (χ2v) is 8.09. The summed E-state index contributed by atoms with van der Waals surface area (Å²) in [5.41, 5.74) is 8.00. The first-order chi connectivity index (χ1) is 13.6. The van der Waals surface area contributed by atoms with Gasteiger partial charge in [-0.2, -0.15) is 0 Å². The smallest absolute Gasteiger partial charge is 0.217 e. The topological polar surface area (TPSA) is 74.0 Å². The van der Waals surface area contributed by atoms with E-state index in [1.165, 1.54) is 37.1 Å². The molecule has 0 aromatic heterocycles. The molecule has 3 N–H and O–H groups in total. The van der Waals surface area contributed by atoms with Crippen molar-refractivity contribution in [2.75, 3.05) is 32.7 Å². The van der Waals surface area contributed by atoms with Crippen molar-refractivity contribution in [3.63, 3.8) is 0 Å². The molecule has 0 radical (unpaired) electrons. The first-order valence-electron chi connectivity index (χ1n) is 10.8. The van der Waals surface area contributed by atoms with Gasteiger partial charge in [0, 0.05) is 32.6 Å². The van der Waals surface area contributed by atoms with Crippen molar-refractivity contribution in [2.24, 2.45) is 16.6 Å². The van der Waals surface area contributed by atoms with E-state index < -0.39 is 0 Å². The fourth-order valence-corrected chi connectivity index (χ4v) is 4.25. The number of nitrogens with one attached hydrogen (secondary N) is 1. The van der Waals surface area contributed by atoms with Crippen molar-refractivity contribution in [2.45, 2.75) is 52.1 Å². The van der Waals surface area contributed by atoms with Crippen molar-refractivity contribution < 1.29 is 4.79 Å². The van der Waals surface area contributed by atoms with E-state index in [4.69, 9.17) is 10.7 Å². The van der Waals surface area contributed by atoms with Gasteiger partial charge in [-0.15, -0.1) is 24.0 Å². The summed E-state index contributed by atoms with van der Waals surface area (Å²) < 4.78 is 0. The maximum Gasteiger partial charge on any atom is 0.217 e. The Labute approximate surface area is 192 Å². The number of benzene rings is 1. The van der Waals surface area contributed by atoms with Crippen LogP contribution in [-0.2, 0) is 17.9 Å². The third-order valence-corrected chi connectivity index (χ3v) is 5.68. The highest BCUT2D eigenvalue weighted by atomic mass is 127. The van der Waals surface area contributed by atoms with Crippen molar-refractivity contribution in [3.8, 4) is 0 Å². The lowest BCUT2D eigenvalue weighted by Crippen LogP contribution is -2.47. The highest BCUT2D eigenvalue weighted by molar-refractivity contribution is 14.0. The van der Waals surface area contributed by atoms with E-state index in [9.17, 15) is 4.79 Å². The van der Waals surface area contributed by atoms with Gasteiger partial charge in [-0.25, -0.2) is 4.99 Å². The molecular formula is C22H36IN5O. The zero-order valence-electron chi connectivity index (χ0n) is 17.6. The number of nitrogens with zero attached hydrogens (tertiary/aromatic N) is 3. The Kier molecular flexibility index (Phi) is 10.2. The lowest BCUT2D eigenvalue weighted by molar-refractivity contribution is -0.119. The van der Waals surface area contributed by atoms with Gasteiger partial charge in [0.25, 0.3) is 0 Å². The summed E-state index contributed by atoms with van der Waals surface area (Å²) >= 11 is 0. The van der Waals surface area contributed by atoms with Crippen LogP contribution in [0.5, 0.6) is 0 Å². The number of hydrogen-bond acceptors (Lipinski definition) is 3. The van der Waals surface area contributed by atoms with Crippen LogP contribution in [0.15, 0.2) is 29.3 Å². The first kappa shape index (κ1) is 23.9. The number of halogens is 1. The van der Waals surface area contributed by atoms with Gasteiger partial charge in [-0.05, 0) is 62.7 Å². The fraction of sp³-hybridized carbons (Fsp3) is 0.636. The van der Waals surface area contributed by atoms with E-state index in [1.54, 1.807) is 0 Å². The molecule has 2 fully saturated rings. The minimum atomic E-state index is -0.206. The van der Waals surface area contributed by atoms with Gasteiger partial charge in [0.1, 0.15) is 0 Å². The largest absolute Gasteiger partial charge is 0.370 e. The molecule has 3 rings (SSSR count). The molecule has 2 saturated heterocycles. The van der Waals surface area contributed by atoms with Gasteiger partial charge < -0.3 is 16.0 Å². The third-order valence-electron chi connectivity index (χ3n) is 5.68. The van der Waals surface area contributed by atoms with E-state index in [1.807, 2.05) is 0 Å². The number of primary amides is 1. The third kappa shape index (κ3) is 7.77. The normalized spacial score (nSPS) is 20.4. The lowest BCUT2D eigenvalue weighted by atomic mass is 9.95. The number of hydrogen-bond donors (Lipinski definition) is 2. The number of amides is 1. The van der Waals surface area contributed by atoms with Gasteiger partial charge in [0.2, 0.25) is 5.91 Å². The summed E-state index contributed by atoms with van der Waals surface area (Å²) in [7, 11) is 0. The lowest BCUT2D eigenvalue weighted by Gasteiger charge is -2.34. The van der Waals surface area contributed by atoms with Gasteiger partial charge in [0.05, 0.1) is 6.54 Å². The van der Waals surface area contributed by atoms with Crippen LogP contribution in [-0.4, -0.2) is 54.4 Å². The second kappa shape index (κ2) is 12.4. The Balaban J connectivity index is 0.00000300. The first-order valence-corrected chi connectivity index (χ1v) is 10.8. The summed E-state index contributed by atoms with van der Waals surface area (Å²) in [4.78, 5) is 20.9. The summed E-state index contributed by atoms with van der Waals surface area (Å²) in [5, 5.41) is 3.41. The Hall–Kier alpha value is -1.35. The maximum absolute atomic E-state index is 11.3. The fourth-order valence-electron chi connectivity index (χ4n) is 4.25. The van der Waals surface area contributed by atoms with Gasteiger partial charge in [-0.1, -0.05) is 24.3 Å². The van der Waals surface area contributed by atoms with Gasteiger partial charge in [-0.3, -0.25) is 9.69 Å². The van der Waals surface area contributed by atoms with E-state index >= 15 is 0 Å². The number of likely N-dealkylation sites (tertiary alicyclic amines) is 2. The second-order valence-electron chi connectivity index (χ2n) is 8.09. The van der Waals surface area contributed by atoms with Crippen LogP contribution in [0, 0.1) is 5.92 Å². The molecule has 6 nitrogen and oxygen atoms in total. The van der Waals surface area contributed by atoms with E-state index in [0.717, 1.165) is 45.0 Å². The Morgan fingerprint density at radius 2 is 1.83 bits per heavy atom. The van der Waals surface area contributed by atoms with E-state index in [0.29, 0.717) is 18.9 Å². The average molecular weight is 513 g/mol. The summed E-state index contributed by atoms with van der Waals surface area (Å²) in [5.74, 6) is 1.07. The van der Waals surface area contributed by atoms with E-state index in [2.05, 4.69) is 46.3 Å². The molecule has 0 bridgehead atoms. The Morgan fingerprint density at radius 1 is 1.14 bits per heavy atom. The van der Waals surface area contributed by atoms with Crippen molar-refractivity contribution >= 4 is 35.8 Å². The van der Waals surface area contributed by atoms with Crippen LogP contribution in [0.4, 0.5) is 0 Å². The highest BCUT2D eigenvalue weighted by Crippen LogP contribution is 2.20. The number of rotatable bonds is 7. The molecule has 0 saturated carbocycles. The molecule has 162 valence electrons. The molecule has 0 spiro atoms. The number of carbonyl (C=O) groups excluding carboxylic acids is 1. The van der Waals surface area contributed by atoms with Crippen molar-refractivity contribution in [1.82, 2.24) is 15.1 Å². The monoisotopic (exact) mass is 513 g/mol. The van der Waals surface area contributed by atoms with E-state index in [-0.39, 0.29) is 29.9 Å². The Morgan fingerprint density at radius 3 is 2.48 bits per heavy atom. The number of aliphatic imine (C=N–C) groups is 1. The molecule has 1 atom stereocenters.